The van der Waals surface area contributed by atoms with E-state index in [1.807, 2.05) is 48.0 Å². The molecule has 6 nitrogen and oxygen atoms in total. The summed E-state index contributed by atoms with van der Waals surface area (Å²) in [5.74, 6) is -0.494. The molecular formula is C28H27F2N3O3. The van der Waals surface area contributed by atoms with Crippen LogP contribution in [0.4, 0.5) is 8.78 Å². The second kappa shape index (κ2) is 10.0. The van der Waals surface area contributed by atoms with Gasteiger partial charge in [-0.05, 0) is 56.9 Å². The minimum Gasteiger partial charge on any atom is -0.481 e. The lowest BCUT2D eigenvalue weighted by molar-refractivity contribution is -0.142. The van der Waals surface area contributed by atoms with Crippen molar-refractivity contribution in [2.45, 2.75) is 51.6 Å². The molecule has 4 aromatic rings. The highest BCUT2D eigenvalue weighted by Crippen LogP contribution is 2.35. The van der Waals surface area contributed by atoms with Gasteiger partial charge in [-0.1, -0.05) is 24.3 Å². The van der Waals surface area contributed by atoms with Gasteiger partial charge in [-0.15, -0.1) is 0 Å². The van der Waals surface area contributed by atoms with Crippen molar-refractivity contribution in [3.8, 4) is 16.9 Å². The van der Waals surface area contributed by atoms with Gasteiger partial charge < -0.3 is 14.2 Å². The monoisotopic (exact) mass is 491 g/mol. The van der Waals surface area contributed by atoms with E-state index in [1.54, 1.807) is 24.3 Å². The first-order valence-electron chi connectivity index (χ1n) is 12.1. The topological polar surface area (TPSA) is 76.7 Å². The number of carboxylic acids is 1. The third-order valence-electron chi connectivity index (χ3n) is 7.08. The Hall–Kier alpha value is -3.81. The Labute approximate surface area is 207 Å². The average molecular weight is 492 g/mol. The van der Waals surface area contributed by atoms with Crippen molar-refractivity contribution >= 4 is 11.6 Å². The van der Waals surface area contributed by atoms with Crippen LogP contribution in [0.15, 0.2) is 60.9 Å². The molecule has 3 heterocycles. The van der Waals surface area contributed by atoms with E-state index < -0.39 is 12.6 Å². The molecule has 0 saturated heterocycles. The highest BCUT2D eigenvalue weighted by Gasteiger charge is 2.27. The molecule has 36 heavy (non-hydrogen) atoms. The van der Waals surface area contributed by atoms with Gasteiger partial charge in [-0.25, -0.2) is 4.98 Å². The van der Waals surface area contributed by atoms with Crippen LogP contribution in [0.2, 0.25) is 0 Å². The third kappa shape index (κ3) is 4.94. The van der Waals surface area contributed by atoms with Crippen LogP contribution in [0, 0.1) is 12.8 Å². The summed E-state index contributed by atoms with van der Waals surface area (Å²) < 4.78 is 32.5. The van der Waals surface area contributed by atoms with Crippen molar-refractivity contribution in [3.63, 3.8) is 0 Å². The third-order valence-corrected chi connectivity index (χ3v) is 7.08. The second-order valence-electron chi connectivity index (χ2n) is 9.31. The summed E-state index contributed by atoms with van der Waals surface area (Å²) in [5, 5.41) is 9.23. The Bertz CT molecular complexity index is 1380. The van der Waals surface area contributed by atoms with Crippen LogP contribution in [0.1, 0.15) is 54.2 Å². The smallest absolute Gasteiger partial charge is 0.387 e. The van der Waals surface area contributed by atoms with E-state index in [-0.39, 0.29) is 17.6 Å². The normalized spacial score (nSPS) is 18.0. The number of para-hydroxylation sites is 1. The van der Waals surface area contributed by atoms with E-state index in [0.29, 0.717) is 24.8 Å². The van der Waals surface area contributed by atoms with Gasteiger partial charge in [-0.2, -0.15) is 8.78 Å². The Kier molecular flexibility index (Phi) is 6.67. The molecule has 0 unspecified atom stereocenters. The summed E-state index contributed by atoms with van der Waals surface area (Å²) >= 11 is 0. The molecule has 1 saturated carbocycles. The number of aliphatic carboxylic acids is 1. The van der Waals surface area contributed by atoms with Gasteiger partial charge in [-0.3, -0.25) is 9.78 Å². The largest absolute Gasteiger partial charge is 0.481 e. The highest BCUT2D eigenvalue weighted by atomic mass is 19.3. The Morgan fingerprint density at radius 1 is 1.08 bits per heavy atom. The Morgan fingerprint density at radius 3 is 2.53 bits per heavy atom. The maximum absolute atomic E-state index is 12.9. The van der Waals surface area contributed by atoms with Crippen LogP contribution >= 0.6 is 0 Å². The van der Waals surface area contributed by atoms with Crippen LogP contribution < -0.4 is 4.74 Å². The maximum Gasteiger partial charge on any atom is 0.387 e. The number of ether oxygens (including phenoxy) is 1. The molecule has 0 bridgehead atoms. The predicted octanol–water partition coefficient (Wildman–Crippen LogP) is 6.26. The van der Waals surface area contributed by atoms with Gasteiger partial charge in [0.15, 0.2) is 0 Å². The number of nitrogens with zero attached hydrogens (tertiary/aromatic N) is 3. The van der Waals surface area contributed by atoms with E-state index in [0.717, 1.165) is 46.7 Å². The number of aromatic nitrogens is 3. The molecular weight excluding hydrogens is 464 g/mol. The van der Waals surface area contributed by atoms with Crippen molar-refractivity contribution < 1.29 is 23.4 Å². The second-order valence-corrected chi connectivity index (χ2v) is 9.31. The molecule has 8 heteroatoms. The highest BCUT2D eigenvalue weighted by molar-refractivity contribution is 5.70. The van der Waals surface area contributed by atoms with Gasteiger partial charge >= 0.3 is 12.6 Å². The van der Waals surface area contributed by atoms with Crippen LogP contribution in [0.5, 0.6) is 5.75 Å². The predicted molar refractivity (Wildman–Crippen MR) is 131 cm³/mol. The van der Waals surface area contributed by atoms with E-state index in [1.165, 1.54) is 0 Å². The molecule has 0 aliphatic heterocycles. The average Bonchev–Trinajstić information content (AvgIpc) is 3.19. The van der Waals surface area contributed by atoms with Crippen molar-refractivity contribution in [1.82, 2.24) is 14.4 Å². The molecule has 0 spiro atoms. The molecule has 1 aliphatic carbocycles. The molecule has 1 aliphatic rings. The number of fused-ring (bicyclic) bond motifs is 1. The standard InChI is InChI=1S/C28H27F2N3O3/c1-17-24(14-20-4-2-3-5-25(20)36-28(29)30)33-16-22(11-13-26(33)32-17)21-10-12-23(31-15-21)18-6-8-19(9-7-18)27(34)35/h2-5,10-13,15-16,18-19,28H,6-9,14H2,1H3,(H,34,35). The van der Waals surface area contributed by atoms with Gasteiger partial charge in [0.05, 0.1) is 11.6 Å². The quantitative estimate of drug-likeness (QED) is 0.330. The molecule has 5 rings (SSSR count). The SMILES string of the molecule is Cc1nc2ccc(-c3ccc(C4CCC(C(=O)O)CC4)nc3)cn2c1Cc1ccccc1OC(F)F. The number of rotatable bonds is 7. The number of aryl methyl sites for hydroxylation is 1. The first-order valence-corrected chi connectivity index (χ1v) is 12.1. The summed E-state index contributed by atoms with van der Waals surface area (Å²) in [6.07, 6.45) is 7.30. The van der Waals surface area contributed by atoms with Crippen molar-refractivity contribution in [3.05, 3.63) is 83.6 Å². The van der Waals surface area contributed by atoms with Gasteiger partial charge in [0.25, 0.3) is 0 Å². The van der Waals surface area contributed by atoms with Gasteiger partial charge in [0.1, 0.15) is 11.4 Å². The fourth-order valence-electron chi connectivity index (χ4n) is 5.09. The lowest BCUT2D eigenvalue weighted by Crippen LogP contribution is -2.20. The van der Waals surface area contributed by atoms with E-state index in [4.69, 9.17) is 9.72 Å². The van der Waals surface area contributed by atoms with Crippen LogP contribution in [-0.2, 0) is 11.2 Å². The number of alkyl halides is 2. The first kappa shape index (κ1) is 23.9. The molecule has 186 valence electrons. The molecule has 1 aromatic carbocycles. The van der Waals surface area contributed by atoms with E-state index in [9.17, 15) is 18.7 Å². The first-order chi connectivity index (χ1) is 17.4. The molecule has 3 aromatic heterocycles. The molecule has 0 amide bonds. The van der Waals surface area contributed by atoms with Crippen LogP contribution in [-0.4, -0.2) is 32.1 Å². The molecule has 1 fully saturated rings. The number of hydrogen-bond donors (Lipinski definition) is 1. The lowest BCUT2D eigenvalue weighted by Gasteiger charge is -2.25. The number of carbonyl (C=O) groups is 1. The number of carboxylic acid groups (broad SMARTS) is 1. The Morgan fingerprint density at radius 2 is 1.83 bits per heavy atom. The molecule has 0 radical (unpaired) electrons. The fourth-order valence-corrected chi connectivity index (χ4v) is 5.09. The summed E-state index contributed by atoms with van der Waals surface area (Å²) in [6, 6.07) is 14.8. The molecule has 1 N–H and O–H groups in total. The number of pyridine rings is 2. The number of imidazole rings is 1. The number of halogens is 2. The van der Waals surface area contributed by atoms with Gasteiger partial charge in [0.2, 0.25) is 0 Å². The minimum atomic E-state index is -2.89. The zero-order chi connectivity index (χ0) is 25.2. The molecule has 0 atom stereocenters. The maximum atomic E-state index is 12.9. The lowest BCUT2D eigenvalue weighted by atomic mass is 9.80. The number of benzene rings is 1. The summed E-state index contributed by atoms with van der Waals surface area (Å²) in [7, 11) is 0. The zero-order valence-electron chi connectivity index (χ0n) is 19.9. The summed E-state index contributed by atoms with van der Waals surface area (Å²) in [4.78, 5) is 20.6. The van der Waals surface area contributed by atoms with Gasteiger partial charge in [0, 0.05) is 52.8 Å². The zero-order valence-corrected chi connectivity index (χ0v) is 19.9. The summed E-state index contributed by atoms with van der Waals surface area (Å²) in [6.45, 7) is -0.975. The summed E-state index contributed by atoms with van der Waals surface area (Å²) in [5.41, 5.74) is 6.08. The van der Waals surface area contributed by atoms with E-state index in [2.05, 4.69) is 4.98 Å². The van der Waals surface area contributed by atoms with Crippen molar-refractivity contribution in [2.75, 3.05) is 0 Å². The van der Waals surface area contributed by atoms with Crippen molar-refractivity contribution in [1.29, 1.82) is 0 Å². The van der Waals surface area contributed by atoms with Crippen LogP contribution in [0.25, 0.3) is 16.8 Å². The Balaban J connectivity index is 1.40. The number of hydrogen-bond acceptors (Lipinski definition) is 4. The van der Waals surface area contributed by atoms with Crippen molar-refractivity contribution in [2.24, 2.45) is 5.92 Å². The van der Waals surface area contributed by atoms with E-state index >= 15 is 0 Å². The van der Waals surface area contributed by atoms with Crippen LogP contribution in [0.3, 0.4) is 0 Å². The fraction of sp³-hybridized carbons (Fsp3) is 0.321. The minimum absolute atomic E-state index is 0.162.